The summed E-state index contributed by atoms with van der Waals surface area (Å²) < 4.78 is 24.8. The van der Waals surface area contributed by atoms with Crippen LogP contribution in [0.4, 0.5) is 0 Å². The lowest BCUT2D eigenvalue weighted by atomic mass is 9.73. The second-order valence-corrected chi connectivity index (χ2v) is 11.9. The van der Waals surface area contributed by atoms with Crippen LogP contribution in [0.3, 0.4) is 0 Å². The fourth-order valence-corrected chi connectivity index (χ4v) is 6.31. The van der Waals surface area contributed by atoms with Gasteiger partial charge in [-0.25, -0.2) is 0 Å². The fourth-order valence-electron chi connectivity index (χ4n) is 6.31. The molecule has 0 saturated carbocycles. The zero-order chi connectivity index (χ0) is 27.7. The van der Waals surface area contributed by atoms with Crippen molar-refractivity contribution in [2.75, 3.05) is 7.11 Å². The number of aliphatic hydroxyl groups is 1. The number of hydrogen-bond donors (Lipinski definition) is 2. The lowest BCUT2D eigenvalue weighted by molar-refractivity contribution is -0.332. The van der Waals surface area contributed by atoms with Gasteiger partial charge in [0.1, 0.15) is 23.7 Å². The molecule has 2 saturated heterocycles. The molecule has 0 radical (unpaired) electrons. The van der Waals surface area contributed by atoms with Gasteiger partial charge in [0.05, 0.1) is 17.9 Å². The van der Waals surface area contributed by atoms with Gasteiger partial charge in [0, 0.05) is 26.4 Å². The Balaban J connectivity index is 1.72. The molecule has 0 aromatic heterocycles. The van der Waals surface area contributed by atoms with Gasteiger partial charge in [-0.1, -0.05) is 49.8 Å². The number of hydrogen-bond acceptors (Lipinski definition) is 7. The molecule has 2 bridgehead atoms. The van der Waals surface area contributed by atoms with Crippen LogP contribution in [0.1, 0.15) is 73.1 Å². The predicted molar refractivity (Wildman–Crippen MR) is 147 cm³/mol. The van der Waals surface area contributed by atoms with Gasteiger partial charge in [0.2, 0.25) is 0 Å². The third-order valence-electron chi connectivity index (χ3n) is 8.71. The highest BCUT2D eigenvalue weighted by Gasteiger charge is 2.53. The third-order valence-corrected chi connectivity index (χ3v) is 8.71. The van der Waals surface area contributed by atoms with Crippen LogP contribution in [0, 0.1) is 23.2 Å². The quantitative estimate of drug-likeness (QED) is 0.348. The van der Waals surface area contributed by atoms with Crippen LogP contribution >= 0.6 is 0 Å². The molecular weight excluding hydrogens is 482 g/mol. The van der Waals surface area contributed by atoms with Gasteiger partial charge in [0.15, 0.2) is 5.79 Å². The lowest BCUT2D eigenvalue weighted by Crippen LogP contribution is -2.58. The summed E-state index contributed by atoms with van der Waals surface area (Å²) in [6.07, 6.45) is 14.1. The minimum atomic E-state index is -1.75. The molecule has 2 unspecified atom stereocenters. The van der Waals surface area contributed by atoms with Crippen LogP contribution in [0.25, 0.3) is 0 Å². The maximum Gasteiger partial charge on any atom is 0.316 e. The minimum absolute atomic E-state index is 0.0502. The summed E-state index contributed by atoms with van der Waals surface area (Å²) in [6, 6.07) is 0. The highest BCUT2D eigenvalue weighted by molar-refractivity contribution is 6.04. The maximum absolute atomic E-state index is 13.8. The lowest BCUT2D eigenvalue weighted by Gasteiger charge is -2.49. The number of fused-ring (bicyclic) bond motifs is 3. The molecule has 2 N–H and O–H groups in total. The molecule has 1 spiro atoms. The van der Waals surface area contributed by atoms with E-state index in [2.05, 4.69) is 39.8 Å². The number of carbonyl (C=O) groups excluding carboxylic acids is 1. The van der Waals surface area contributed by atoms with Gasteiger partial charge in [-0.05, 0) is 63.5 Å². The Hall–Kier alpha value is -2.06. The van der Waals surface area contributed by atoms with E-state index in [0.717, 1.165) is 25.7 Å². The number of carbonyl (C=O) groups is 1. The van der Waals surface area contributed by atoms with Gasteiger partial charge in [-0.15, -0.1) is 0 Å². The molecule has 210 valence electrons. The number of rotatable bonds is 1. The predicted octanol–water partition coefficient (Wildman–Crippen LogP) is 5.44. The van der Waals surface area contributed by atoms with Crippen LogP contribution in [-0.4, -0.2) is 59.7 Å². The zero-order valence-corrected chi connectivity index (χ0v) is 23.7. The van der Waals surface area contributed by atoms with Crippen molar-refractivity contribution in [2.45, 2.75) is 109 Å². The normalized spacial score (nSPS) is 45.8. The Morgan fingerprint density at radius 1 is 1.13 bits per heavy atom. The van der Waals surface area contributed by atoms with Crippen molar-refractivity contribution in [2.24, 2.45) is 17.8 Å². The summed E-state index contributed by atoms with van der Waals surface area (Å²) >= 11 is 0. The molecule has 0 amide bonds. The second kappa shape index (κ2) is 11.6. The van der Waals surface area contributed by atoms with Crippen LogP contribution in [-0.2, 0) is 23.7 Å². The van der Waals surface area contributed by atoms with E-state index in [1.54, 1.807) is 25.2 Å². The molecule has 2 fully saturated rings. The third kappa shape index (κ3) is 6.06. The molecule has 9 atom stereocenters. The molecule has 38 heavy (non-hydrogen) atoms. The Morgan fingerprint density at radius 2 is 1.89 bits per heavy atom. The number of methoxy groups -OCH3 is 1. The van der Waals surface area contributed by atoms with Crippen molar-refractivity contribution in [3.8, 4) is 0 Å². The van der Waals surface area contributed by atoms with E-state index < -0.39 is 35.5 Å². The molecule has 4 aliphatic rings. The highest BCUT2D eigenvalue weighted by atomic mass is 16.7. The van der Waals surface area contributed by atoms with Gasteiger partial charge in [-0.2, -0.15) is 0 Å². The van der Waals surface area contributed by atoms with Crippen molar-refractivity contribution in [3.05, 3.63) is 47.6 Å². The topological polar surface area (TPSA) is 98.1 Å². The monoisotopic (exact) mass is 527 g/mol. The summed E-state index contributed by atoms with van der Waals surface area (Å²) in [5, 5.41) is 20.4. The van der Waals surface area contributed by atoms with E-state index in [0.29, 0.717) is 30.3 Å². The number of esters is 1. The van der Waals surface area contributed by atoms with Crippen molar-refractivity contribution >= 4 is 11.7 Å². The van der Waals surface area contributed by atoms with Gasteiger partial charge in [0.25, 0.3) is 0 Å². The molecular formula is C31H45NO6. The van der Waals surface area contributed by atoms with Crippen LogP contribution in [0.15, 0.2) is 47.6 Å². The Labute approximate surface area is 227 Å². The fraction of sp³-hybridized carbons (Fsp3) is 0.677. The number of ether oxygens (including phenoxy) is 4. The maximum atomic E-state index is 13.8. The average Bonchev–Trinajstić information content (AvgIpc) is 2.85. The molecule has 1 aliphatic carbocycles. The summed E-state index contributed by atoms with van der Waals surface area (Å²) in [4.78, 5) is 13.8. The van der Waals surface area contributed by atoms with Crippen molar-refractivity contribution in [1.82, 2.24) is 0 Å². The van der Waals surface area contributed by atoms with Gasteiger partial charge >= 0.3 is 5.97 Å². The summed E-state index contributed by atoms with van der Waals surface area (Å²) in [5.41, 5.74) is 0.271. The highest BCUT2D eigenvalue weighted by Crippen LogP contribution is 2.43. The first-order valence-electron chi connectivity index (χ1n) is 14.1. The summed E-state index contributed by atoms with van der Waals surface area (Å²) in [5.74, 6) is -1.59. The van der Waals surface area contributed by atoms with Crippen LogP contribution < -0.4 is 0 Å². The largest absolute Gasteiger partial charge is 0.462 e. The second-order valence-electron chi connectivity index (χ2n) is 11.9. The number of allylic oxidation sites excluding steroid dienone is 4. The molecule has 3 heterocycles. The van der Waals surface area contributed by atoms with E-state index in [9.17, 15) is 9.90 Å². The first-order valence-corrected chi connectivity index (χ1v) is 14.1. The Morgan fingerprint density at radius 3 is 2.61 bits per heavy atom. The van der Waals surface area contributed by atoms with Crippen molar-refractivity contribution in [1.29, 1.82) is 5.41 Å². The van der Waals surface area contributed by atoms with Gasteiger partial charge in [-0.3, -0.25) is 4.79 Å². The molecule has 0 aromatic carbocycles. The van der Waals surface area contributed by atoms with E-state index in [1.165, 1.54) is 12.7 Å². The minimum Gasteiger partial charge on any atom is -0.462 e. The Kier molecular flexibility index (Phi) is 8.82. The Bertz CT molecular complexity index is 1030. The van der Waals surface area contributed by atoms with E-state index >= 15 is 0 Å². The summed E-state index contributed by atoms with van der Waals surface area (Å²) in [6.45, 7) is 10.3. The van der Waals surface area contributed by atoms with E-state index in [1.807, 2.05) is 6.08 Å². The molecule has 7 nitrogen and oxygen atoms in total. The average molecular weight is 528 g/mol. The molecule has 7 heteroatoms. The molecule has 3 aliphatic heterocycles. The van der Waals surface area contributed by atoms with E-state index in [4.69, 9.17) is 24.4 Å². The first kappa shape index (κ1) is 28.9. The smallest absolute Gasteiger partial charge is 0.316 e. The summed E-state index contributed by atoms with van der Waals surface area (Å²) in [7, 11) is 1.45. The first-order chi connectivity index (χ1) is 18.0. The van der Waals surface area contributed by atoms with Crippen LogP contribution in [0.2, 0.25) is 0 Å². The van der Waals surface area contributed by atoms with E-state index in [-0.39, 0.29) is 17.9 Å². The van der Waals surface area contributed by atoms with Crippen molar-refractivity contribution in [3.63, 3.8) is 0 Å². The standard InChI is InChI=1S/C31H45NO6/c1-19-9-7-8-13-31(34)26(16-22(4)27(32)28(31)35-6)29(33)36-25-17-24(11-10-20(2)15-19)38-30(18-25)14-12-21(3)23(5)37-30/h7-10,13,16,19,21,23-26,28,32,34H,11-12,14-15,17-18H2,1-6H3/b9-7+,13-8+,20-10+,32-27?/t19-,21-,23+,24+,25-,26?,28+,30-,31?/m0/s1. The zero-order valence-electron chi connectivity index (χ0n) is 23.7. The molecule has 4 rings (SSSR count). The van der Waals surface area contributed by atoms with Gasteiger partial charge < -0.3 is 29.5 Å². The molecule has 0 aromatic rings. The van der Waals surface area contributed by atoms with Crippen LogP contribution in [0.5, 0.6) is 0 Å². The number of nitrogens with one attached hydrogen (secondary N) is 1. The SMILES string of the molecule is CO[C@@H]1C(=N)C(C)=CC2C(=O)O[C@H]3C[C@@H](C/C=C(\C)C[C@@H](C)/C=C/C=C/C21O)O[C@@]1(CC[C@H](C)[C@@H](C)O1)C3. The van der Waals surface area contributed by atoms with Crippen molar-refractivity contribution < 1.29 is 28.8 Å².